The molecule has 2 aliphatic rings. The maximum absolute atomic E-state index is 13.1. The Balaban J connectivity index is 1.40. The number of fused-ring (bicyclic) bond motifs is 1. The molecule has 0 spiro atoms. The normalized spacial score (nSPS) is 21.9. The van der Waals surface area contributed by atoms with Crippen LogP contribution in [0.25, 0.3) is 0 Å². The molecule has 0 saturated carbocycles. The minimum Gasteiger partial charge on any atom is -0.493 e. The molecule has 0 aromatic heterocycles. The van der Waals surface area contributed by atoms with Crippen LogP contribution in [-0.4, -0.2) is 58.5 Å². The standard InChI is InChI=1S/C26H35FN2O3/c1-28-17-25-21-8-9-23(30-2)26(31-3)22(21)16-24(32-25)19-11-14-29(15-12-19)13-10-18-4-6-20(27)7-5-18/h4-9,19,24-25,28H,10-17H2,1-3H3. The van der Waals surface area contributed by atoms with E-state index in [1.165, 1.54) is 16.7 Å². The number of likely N-dealkylation sites (tertiary alicyclic amines) is 1. The summed E-state index contributed by atoms with van der Waals surface area (Å²) in [7, 11) is 5.37. The van der Waals surface area contributed by atoms with E-state index in [2.05, 4.69) is 16.3 Å². The first-order chi connectivity index (χ1) is 15.6. The molecule has 4 rings (SSSR count). The molecule has 6 heteroatoms. The summed E-state index contributed by atoms with van der Waals surface area (Å²) in [6.07, 6.45) is 4.27. The summed E-state index contributed by atoms with van der Waals surface area (Å²) in [4.78, 5) is 2.52. The van der Waals surface area contributed by atoms with Crippen molar-refractivity contribution < 1.29 is 18.6 Å². The molecule has 1 saturated heterocycles. The lowest BCUT2D eigenvalue weighted by Gasteiger charge is -2.41. The van der Waals surface area contributed by atoms with Gasteiger partial charge in [0.2, 0.25) is 0 Å². The number of piperidine rings is 1. The van der Waals surface area contributed by atoms with Crippen molar-refractivity contribution in [3.8, 4) is 11.5 Å². The van der Waals surface area contributed by atoms with Gasteiger partial charge < -0.3 is 24.4 Å². The van der Waals surface area contributed by atoms with E-state index in [1.807, 2.05) is 25.2 Å². The third-order valence-electron chi connectivity index (χ3n) is 6.95. The van der Waals surface area contributed by atoms with Gasteiger partial charge in [-0.15, -0.1) is 0 Å². The highest BCUT2D eigenvalue weighted by molar-refractivity contribution is 5.52. The topological polar surface area (TPSA) is 43.0 Å². The third kappa shape index (κ3) is 5.08. The molecule has 2 aliphatic heterocycles. The largest absolute Gasteiger partial charge is 0.493 e. The highest BCUT2D eigenvalue weighted by atomic mass is 19.1. The predicted molar refractivity (Wildman–Crippen MR) is 124 cm³/mol. The molecule has 2 aromatic rings. The molecule has 2 unspecified atom stereocenters. The highest BCUT2D eigenvalue weighted by Crippen LogP contribution is 2.43. The van der Waals surface area contributed by atoms with Gasteiger partial charge in [0, 0.05) is 25.1 Å². The fraction of sp³-hybridized carbons (Fsp3) is 0.538. The molecule has 1 N–H and O–H groups in total. The molecule has 174 valence electrons. The Labute approximate surface area is 190 Å². The molecule has 32 heavy (non-hydrogen) atoms. The van der Waals surface area contributed by atoms with Crippen molar-refractivity contribution in [2.45, 2.75) is 37.9 Å². The number of hydrogen-bond acceptors (Lipinski definition) is 5. The second kappa shape index (κ2) is 10.6. The van der Waals surface area contributed by atoms with E-state index in [-0.39, 0.29) is 18.0 Å². The van der Waals surface area contributed by atoms with Gasteiger partial charge in [0.15, 0.2) is 11.5 Å². The van der Waals surface area contributed by atoms with E-state index in [1.54, 1.807) is 26.4 Å². The average Bonchev–Trinajstić information content (AvgIpc) is 2.83. The van der Waals surface area contributed by atoms with Crippen LogP contribution in [0.5, 0.6) is 11.5 Å². The number of methoxy groups -OCH3 is 2. The number of halogens is 1. The van der Waals surface area contributed by atoms with Crippen molar-refractivity contribution in [3.05, 3.63) is 58.9 Å². The van der Waals surface area contributed by atoms with Crippen LogP contribution in [0, 0.1) is 11.7 Å². The summed E-state index contributed by atoms with van der Waals surface area (Å²) < 4.78 is 31.1. The highest BCUT2D eigenvalue weighted by Gasteiger charge is 2.36. The predicted octanol–water partition coefficient (Wildman–Crippen LogP) is 4.00. The van der Waals surface area contributed by atoms with Crippen LogP contribution in [0.15, 0.2) is 36.4 Å². The average molecular weight is 443 g/mol. The molecule has 0 bridgehead atoms. The maximum Gasteiger partial charge on any atom is 0.164 e. The van der Waals surface area contributed by atoms with Crippen molar-refractivity contribution in [3.63, 3.8) is 0 Å². The Morgan fingerprint density at radius 2 is 1.81 bits per heavy atom. The summed E-state index contributed by atoms with van der Waals surface area (Å²) in [5, 5.41) is 3.28. The van der Waals surface area contributed by atoms with Crippen LogP contribution in [0.2, 0.25) is 0 Å². The van der Waals surface area contributed by atoms with Crippen molar-refractivity contribution in [1.29, 1.82) is 0 Å². The quantitative estimate of drug-likeness (QED) is 0.670. The number of hydrogen-bond donors (Lipinski definition) is 1. The van der Waals surface area contributed by atoms with Crippen LogP contribution >= 0.6 is 0 Å². The number of nitrogens with one attached hydrogen (secondary N) is 1. The van der Waals surface area contributed by atoms with Crippen molar-refractivity contribution >= 4 is 0 Å². The van der Waals surface area contributed by atoms with Crippen LogP contribution in [-0.2, 0) is 17.6 Å². The Hall–Kier alpha value is -2.15. The van der Waals surface area contributed by atoms with E-state index >= 15 is 0 Å². The number of ether oxygens (including phenoxy) is 3. The molecule has 0 amide bonds. The number of rotatable bonds is 8. The lowest BCUT2D eigenvalue weighted by Crippen LogP contribution is -2.42. The van der Waals surface area contributed by atoms with Crippen LogP contribution < -0.4 is 14.8 Å². The molecule has 2 atom stereocenters. The molecule has 2 aromatic carbocycles. The van der Waals surface area contributed by atoms with Gasteiger partial charge >= 0.3 is 0 Å². The Kier molecular flexibility index (Phi) is 7.66. The van der Waals surface area contributed by atoms with E-state index in [0.717, 1.165) is 63.4 Å². The zero-order chi connectivity index (χ0) is 22.5. The zero-order valence-electron chi connectivity index (χ0n) is 19.4. The Morgan fingerprint density at radius 3 is 2.47 bits per heavy atom. The molecule has 0 radical (unpaired) electrons. The van der Waals surface area contributed by atoms with Gasteiger partial charge in [-0.3, -0.25) is 0 Å². The van der Waals surface area contributed by atoms with E-state index in [0.29, 0.717) is 5.92 Å². The number of benzene rings is 2. The second-order valence-electron chi connectivity index (χ2n) is 8.85. The van der Waals surface area contributed by atoms with E-state index in [9.17, 15) is 4.39 Å². The second-order valence-corrected chi connectivity index (χ2v) is 8.85. The molecule has 5 nitrogen and oxygen atoms in total. The van der Waals surface area contributed by atoms with Gasteiger partial charge in [-0.05, 0) is 74.6 Å². The lowest BCUT2D eigenvalue weighted by molar-refractivity contribution is -0.0670. The number of likely N-dealkylation sites (N-methyl/N-ethyl adjacent to an activating group) is 1. The van der Waals surface area contributed by atoms with Crippen LogP contribution in [0.1, 0.15) is 35.6 Å². The zero-order valence-corrected chi connectivity index (χ0v) is 19.4. The first-order valence-corrected chi connectivity index (χ1v) is 11.6. The van der Waals surface area contributed by atoms with Gasteiger partial charge in [-0.1, -0.05) is 18.2 Å². The van der Waals surface area contributed by atoms with Crippen molar-refractivity contribution in [2.75, 3.05) is 47.4 Å². The van der Waals surface area contributed by atoms with Crippen LogP contribution in [0.3, 0.4) is 0 Å². The fourth-order valence-corrected chi connectivity index (χ4v) is 5.16. The summed E-state index contributed by atoms with van der Waals surface area (Å²) in [6, 6.07) is 11.0. The summed E-state index contributed by atoms with van der Waals surface area (Å²) in [6.45, 7) is 3.94. The monoisotopic (exact) mass is 442 g/mol. The van der Waals surface area contributed by atoms with Crippen LogP contribution in [0.4, 0.5) is 4.39 Å². The lowest BCUT2D eigenvalue weighted by atomic mass is 9.83. The summed E-state index contributed by atoms with van der Waals surface area (Å²) in [5.41, 5.74) is 3.61. The first-order valence-electron chi connectivity index (χ1n) is 11.6. The van der Waals surface area contributed by atoms with Gasteiger partial charge in [-0.25, -0.2) is 4.39 Å². The minimum absolute atomic E-state index is 0.0186. The summed E-state index contributed by atoms with van der Waals surface area (Å²) >= 11 is 0. The third-order valence-corrected chi connectivity index (χ3v) is 6.95. The Bertz CT molecular complexity index is 881. The maximum atomic E-state index is 13.1. The van der Waals surface area contributed by atoms with E-state index < -0.39 is 0 Å². The van der Waals surface area contributed by atoms with Crippen molar-refractivity contribution in [1.82, 2.24) is 10.2 Å². The van der Waals surface area contributed by atoms with Gasteiger partial charge in [0.1, 0.15) is 5.82 Å². The molecule has 0 aliphatic carbocycles. The minimum atomic E-state index is -0.172. The van der Waals surface area contributed by atoms with E-state index in [4.69, 9.17) is 14.2 Å². The molecule has 1 fully saturated rings. The Morgan fingerprint density at radius 1 is 1.06 bits per heavy atom. The van der Waals surface area contributed by atoms with Gasteiger partial charge in [0.25, 0.3) is 0 Å². The molecular weight excluding hydrogens is 407 g/mol. The molecular formula is C26H35FN2O3. The SMILES string of the molecule is CNCC1OC(C2CCN(CCc3ccc(F)cc3)CC2)Cc2c1ccc(OC)c2OC. The molecule has 2 heterocycles. The van der Waals surface area contributed by atoms with Gasteiger partial charge in [-0.2, -0.15) is 0 Å². The smallest absolute Gasteiger partial charge is 0.164 e. The summed E-state index contributed by atoms with van der Waals surface area (Å²) in [5.74, 6) is 1.98. The van der Waals surface area contributed by atoms with Gasteiger partial charge in [0.05, 0.1) is 26.4 Å². The first kappa shape index (κ1) is 23.0. The number of nitrogens with zero attached hydrogens (tertiary/aromatic N) is 1. The van der Waals surface area contributed by atoms with Crippen molar-refractivity contribution in [2.24, 2.45) is 5.92 Å². The fourth-order valence-electron chi connectivity index (χ4n) is 5.16.